The van der Waals surface area contributed by atoms with Crippen LogP contribution < -0.4 is 5.32 Å². The molecule has 1 saturated carbocycles. The summed E-state index contributed by atoms with van der Waals surface area (Å²) in [5, 5.41) is 12.4. The quantitative estimate of drug-likeness (QED) is 0.758. The van der Waals surface area contributed by atoms with Crippen LogP contribution in [-0.4, -0.2) is 47.2 Å². The van der Waals surface area contributed by atoms with E-state index in [0.29, 0.717) is 11.6 Å². The van der Waals surface area contributed by atoms with Crippen LogP contribution in [0.1, 0.15) is 71.1 Å². The number of carbonyl (C=O) groups is 1. The predicted octanol–water partition coefficient (Wildman–Crippen LogP) is 3.02. The number of rotatable bonds is 7. The smallest absolute Gasteiger partial charge is 0.303 e. The van der Waals surface area contributed by atoms with Gasteiger partial charge in [-0.05, 0) is 52.1 Å². The Morgan fingerprint density at radius 3 is 2.38 bits per heavy atom. The third kappa shape index (κ3) is 4.96. The summed E-state index contributed by atoms with van der Waals surface area (Å²) >= 11 is 0. The van der Waals surface area contributed by atoms with Gasteiger partial charge in [0.2, 0.25) is 0 Å². The Bertz CT molecular complexity index is 321. The first-order chi connectivity index (χ1) is 10.1. The summed E-state index contributed by atoms with van der Waals surface area (Å²) in [5.41, 5.74) is 0.343. The van der Waals surface area contributed by atoms with Crippen LogP contribution in [-0.2, 0) is 4.79 Å². The van der Waals surface area contributed by atoms with Crippen LogP contribution in [0.2, 0.25) is 0 Å². The third-order valence-electron chi connectivity index (χ3n) is 5.38. The second-order valence-electron chi connectivity index (χ2n) is 7.05. The van der Waals surface area contributed by atoms with Gasteiger partial charge < -0.3 is 10.4 Å². The Kier molecular flexibility index (Phi) is 6.49. The molecule has 2 aliphatic rings. The Hall–Kier alpha value is -0.610. The summed E-state index contributed by atoms with van der Waals surface area (Å²) in [6.07, 6.45) is 11.8. The van der Waals surface area contributed by atoms with E-state index >= 15 is 0 Å². The zero-order valence-corrected chi connectivity index (χ0v) is 13.6. The van der Waals surface area contributed by atoms with Gasteiger partial charge in [-0.1, -0.05) is 25.7 Å². The van der Waals surface area contributed by atoms with Crippen molar-refractivity contribution in [2.75, 3.05) is 19.6 Å². The van der Waals surface area contributed by atoms with Crippen LogP contribution in [0.25, 0.3) is 0 Å². The van der Waals surface area contributed by atoms with Crippen molar-refractivity contribution < 1.29 is 9.90 Å². The number of hydrogen-bond acceptors (Lipinski definition) is 3. The van der Waals surface area contributed by atoms with Crippen molar-refractivity contribution in [2.45, 2.75) is 82.7 Å². The second-order valence-corrected chi connectivity index (χ2v) is 7.05. The first-order valence-electron chi connectivity index (χ1n) is 8.83. The van der Waals surface area contributed by atoms with Crippen molar-refractivity contribution in [3.05, 3.63) is 0 Å². The van der Waals surface area contributed by atoms with E-state index in [1.807, 2.05) is 0 Å². The minimum absolute atomic E-state index is 0.269. The van der Waals surface area contributed by atoms with E-state index < -0.39 is 5.97 Å². The van der Waals surface area contributed by atoms with E-state index in [2.05, 4.69) is 17.1 Å². The third-order valence-corrected chi connectivity index (χ3v) is 5.38. The summed E-state index contributed by atoms with van der Waals surface area (Å²) in [7, 11) is 0. The molecule has 4 heteroatoms. The first kappa shape index (κ1) is 16.8. The number of nitrogens with zero attached hydrogens (tertiary/aromatic N) is 1. The lowest BCUT2D eigenvalue weighted by Gasteiger charge is -2.49. The number of nitrogens with one attached hydrogen (secondary N) is 1. The molecule has 1 atom stereocenters. The molecule has 2 N–H and O–H groups in total. The lowest BCUT2D eigenvalue weighted by atomic mass is 9.79. The zero-order valence-electron chi connectivity index (χ0n) is 13.6. The highest BCUT2D eigenvalue weighted by atomic mass is 16.4. The van der Waals surface area contributed by atoms with E-state index in [-0.39, 0.29) is 6.42 Å². The van der Waals surface area contributed by atoms with Gasteiger partial charge in [0.25, 0.3) is 0 Å². The van der Waals surface area contributed by atoms with Gasteiger partial charge in [0, 0.05) is 24.5 Å². The molecule has 2 rings (SSSR count). The van der Waals surface area contributed by atoms with E-state index in [4.69, 9.17) is 5.11 Å². The summed E-state index contributed by atoms with van der Waals surface area (Å²) < 4.78 is 0. The molecule has 1 aliphatic heterocycles. The maximum absolute atomic E-state index is 10.7. The van der Waals surface area contributed by atoms with E-state index in [9.17, 15) is 4.79 Å². The molecular formula is C17H32N2O2. The fraction of sp³-hybridized carbons (Fsp3) is 0.941. The molecule has 0 amide bonds. The predicted molar refractivity (Wildman–Crippen MR) is 85.6 cm³/mol. The summed E-state index contributed by atoms with van der Waals surface area (Å²) in [6.45, 7) is 5.67. The minimum Gasteiger partial charge on any atom is -0.481 e. The van der Waals surface area contributed by atoms with Crippen molar-refractivity contribution in [2.24, 2.45) is 0 Å². The Labute approximate surface area is 129 Å². The number of likely N-dealkylation sites (tertiary alicyclic amines) is 1. The number of piperidine rings is 1. The highest BCUT2D eigenvalue weighted by Gasteiger charge is 2.38. The normalized spacial score (nSPS) is 24.6. The molecule has 0 radical (unpaired) electrons. The van der Waals surface area contributed by atoms with Crippen LogP contribution in [0.3, 0.4) is 0 Å². The molecule has 1 unspecified atom stereocenters. The largest absolute Gasteiger partial charge is 0.481 e. The fourth-order valence-electron chi connectivity index (χ4n) is 3.99. The van der Waals surface area contributed by atoms with Gasteiger partial charge in [0.1, 0.15) is 0 Å². The van der Waals surface area contributed by atoms with Gasteiger partial charge >= 0.3 is 5.97 Å². The Morgan fingerprint density at radius 2 is 1.76 bits per heavy atom. The number of hydrogen-bond donors (Lipinski definition) is 2. The van der Waals surface area contributed by atoms with E-state index in [0.717, 1.165) is 13.0 Å². The van der Waals surface area contributed by atoms with E-state index in [1.54, 1.807) is 0 Å². The maximum Gasteiger partial charge on any atom is 0.303 e. The van der Waals surface area contributed by atoms with Crippen LogP contribution >= 0.6 is 0 Å². The SMILES string of the molecule is CC(CCC(=O)O)NCC1(N2CCCCC2)CCCCC1. The molecule has 2 fully saturated rings. The number of aliphatic carboxylic acids is 1. The number of carboxylic acid groups (broad SMARTS) is 1. The molecule has 122 valence electrons. The fourth-order valence-corrected chi connectivity index (χ4v) is 3.99. The molecule has 0 aromatic heterocycles. The minimum atomic E-state index is -0.688. The Morgan fingerprint density at radius 1 is 1.14 bits per heavy atom. The molecule has 0 spiro atoms. The lowest BCUT2D eigenvalue weighted by molar-refractivity contribution is -0.137. The first-order valence-corrected chi connectivity index (χ1v) is 8.83. The van der Waals surface area contributed by atoms with Crippen LogP contribution in [0.4, 0.5) is 0 Å². The summed E-state index contributed by atoms with van der Waals surface area (Å²) in [5.74, 6) is -0.688. The molecule has 1 saturated heterocycles. The van der Waals surface area contributed by atoms with Crippen molar-refractivity contribution >= 4 is 5.97 Å². The van der Waals surface area contributed by atoms with E-state index in [1.165, 1.54) is 64.5 Å². The van der Waals surface area contributed by atoms with Crippen molar-refractivity contribution in [1.29, 1.82) is 0 Å². The highest BCUT2D eigenvalue weighted by molar-refractivity contribution is 5.66. The molecule has 1 aliphatic carbocycles. The molecule has 0 bridgehead atoms. The standard InChI is InChI=1S/C17H32N2O2/c1-15(8-9-16(20)21)18-14-17(10-4-2-5-11-17)19-12-6-3-7-13-19/h15,18H,2-14H2,1H3,(H,20,21). The average Bonchev–Trinajstić information content (AvgIpc) is 2.52. The van der Waals surface area contributed by atoms with Gasteiger partial charge in [-0.25, -0.2) is 0 Å². The lowest BCUT2D eigenvalue weighted by Crippen LogP contribution is -2.58. The van der Waals surface area contributed by atoms with Crippen LogP contribution in [0.5, 0.6) is 0 Å². The topological polar surface area (TPSA) is 52.6 Å². The molecule has 4 nitrogen and oxygen atoms in total. The van der Waals surface area contributed by atoms with Crippen molar-refractivity contribution in [1.82, 2.24) is 10.2 Å². The van der Waals surface area contributed by atoms with Gasteiger partial charge in [0.05, 0.1) is 0 Å². The molecular weight excluding hydrogens is 264 g/mol. The van der Waals surface area contributed by atoms with Gasteiger partial charge in [-0.15, -0.1) is 0 Å². The molecule has 21 heavy (non-hydrogen) atoms. The van der Waals surface area contributed by atoms with Crippen molar-refractivity contribution in [3.8, 4) is 0 Å². The summed E-state index contributed by atoms with van der Waals surface area (Å²) in [4.78, 5) is 13.4. The Balaban J connectivity index is 1.88. The monoisotopic (exact) mass is 296 g/mol. The van der Waals surface area contributed by atoms with Crippen molar-refractivity contribution in [3.63, 3.8) is 0 Å². The highest BCUT2D eigenvalue weighted by Crippen LogP contribution is 2.35. The van der Waals surface area contributed by atoms with Gasteiger partial charge in [-0.3, -0.25) is 9.69 Å². The number of carboxylic acids is 1. The average molecular weight is 296 g/mol. The van der Waals surface area contributed by atoms with Crippen LogP contribution in [0, 0.1) is 0 Å². The summed E-state index contributed by atoms with van der Waals surface area (Å²) in [6, 6.07) is 0.296. The van der Waals surface area contributed by atoms with Crippen LogP contribution in [0.15, 0.2) is 0 Å². The molecule has 0 aromatic carbocycles. The van der Waals surface area contributed by atoms with Gasteiger partial charge in [-0.2, -0.15) is 0 Å². The second kappa shape index (κ2) is 8.14. The molecule has 0 aromatic rings. The maximum atomic E-state index is 10.7. The zero-order chi connectivity index (χ0) is 15.1. The van der Waals surface area contributed by atoms with Gasteiger partial charge in [0.15, 0.2) is 0 Å². The molecule has 1 heterocycles.